The zero-order valence-corrected chi connectivity index (χ0v) is 9.74. The van der Waals surface area contributed by atoms with Gasteiger partial charge < -0.3 is 9.47 Å². The lowest BCUT2D eigenvalue weighted by Crippen LogP contribution is -2.10. The first kappa shape index (κ1) is 13.8. The third kappa shape index (κ3) is 2.91. The number of rotatable bonds is 4. The molecule has 7 heteroatoms. The number of aromatic nitrogens is 1. The Hall–Kier alpha value is -2.23. The number of nitrogens with zero attached hydrogens (tertiary/aromatic N) is 2. The van der Waals surface area contributed by atoms with E-state index in [0.29, 0.717) is 0 Å². The van der Waals surface area contributed by atoms with Crippen LogP contribution in [0.2, 0.25) is 0 Å². The van der Waals surface area contributed by atoms with Gasteiger partial charge in [0, 0.05) is 0 Å². The van der Waals surface area contributed by atoms with Gasteiger partial charge in [-0.1, -0.05) is 0 Å². The molecule has 96 valence electrons. The molecule has 0 saturated heterocycles. The quantitative estimate of drug-likeness (QED) is 0.765. The molecule has 1 rings (SSSR count). The molecule has 1 heterocycles. The highest BCUT2D eigenvalue weighted by Gasteiger charge is 2.22. The number of carbonyl (C=O) groups excluding carboxylic acids is 1. The third-order valence-corrected chi connectivity index (χ3v) is 2.17. The van der Waals surface area contributed by atoms with Crippen LogP contribution in [0.4, 0.5) is 8.78 Å². The van der Waals surface area contributed by atoms with E-state index in [2.05, 4.69) is 9.72 Å². The predicted octanol–water partition coefficient (Wildman–Crippen LogP) is 1.61. The van der Waals surface area contributed by atoms with Crippen LogP contribution in [0.5, 0.6) is 5.75 Å². The third-order valence-electron chi connectivity index (χ3n) is 2.17. The second-order valence-corrected chi connectivity index (χ2v) is 3.24. The SMILES string of the molecule is COC(=O)Cc1nc(C#N)cc(C(F)F)c1OC. The molecular formula is C11H10F2N2O3. The number of hydrogen-bond donors (Lipinski definition) is 0. The smallest absolute Gasteiger partial charge is 0.311 e. The van der Waals surface area contributed by atoms with E-state index < -0.39 is 18.0 Å². The van der Waals surface area contributed by atoms with Crippen LogP contribution in [-0.4, -0.2) is 25.2 Å². The average molecular weight is 256 g/mol. The first-order chi connectivity index (χ1) is 8.53. The van der Waals surface area contributed by atoms with Gasteiger partial charge in [0.1, 0.15) is 17.5 Å². The van der Waals surface area contributed by atoms with Crippen molar-refractivity contribution in [1.29, 1.82) is 5.26 Å². The number of alkyl halides is 2. The highest BCUT2D eigenvalue weighted by Crippen LogP contribution is 2.32. The number of pyridine rings is 1. The first-order valence-corrected chi connectivity index (χ1v) is 4.86. The van der Waals surface area contributed by atoms with Crippen LogP contribution >= 0.6 is 0 Å². The zero-order chi connectivity index (χ0) is 13.7. The van der Waals surface area contributed by atoms with Crippen molar-refractivity contribution in [2.45, 2.75) is 12.8 Å². The highest BCUT2D eigenvalue weighted by molar-refractivity contribution is 5.73. The minimum absolute atomic E-state index is 0.0429. The summed E-state index contributed by atoms with van der Waals surface area (Å²) in [5.74, 6) is -0.856. The molecule has 0 amide bonds. The Morgan fingerprint density at radius 1 is 1.56 bits per heavy atom. The normalized spacial score (nSPS) is 10.0. The number of nitriles is 1. The number of halogens is 2. The summed E-state index contributed by atoms with van der Waals surface area (Å²) < 4.78 is 34.8. The molecule has 1 aromatic heterocycles. The maximum atomic E-state index is 12.8. The van der Waals surface area contributed by atoms with Crippen molar-refractivity contribution >= 4 is 5.97 Å². The largest absolute Gasteiger partial charge is 0.494 e. The summed E-state index contributed by atoms with van der Waals surface area (Å²) in [7, 11) is 2.35. The van der Waals surface area contributed by atoms with E-state index in [1.807, 2.05) is 0 Å². The molecule has 18 heavy (non-hydrogen) atoms. The molecule has 0 aromatic carbocycles. The molecule has 0 spiro atoms. The zero-order valence-electron chi connectivity index (χ0n) is 9.74. The molecule has 0 aliphatic heterocycles. The van der Waals surface area contributed by atoms with E-state index in [1.165, 1.54) is 7.11 Å². The number of ether oxygens (including phenoxy) is 2. The van der Waals surface area contributed by atoms with Gasteiger partial charge >= 0.3 is 5.97 Å². The van der Waals surface area contributed by atoms with Gasteiger partial charge in [-0.05, 0) is 6.07 Å². The Bertz CT molecular complexity index is 498. The van der Waals surface area contributed by atoms with Crippen molar-refractivity contribution in [1.82, 2.24) is 4.98 Å². The van der Waals surface area contributed by atoms with Gasteiger partial charge in [-0.15, -0.1) is 0 Å². The fourth-order valence-electron chi connectivity index (χ4n) is 1.39. The molecule has 0 aliphatic rings. The highest BCUT2D eigenvalue weighted by atomic mass is 19.3. The maximum Gasteiger partial charge on any atom is 0.311 e. The van der Waals surface area contributed by atoms with Crippen LogP contribution in [0, 0.1) is 11.3 Å². The number of esters is 1. The van der Waals surface area contributed by atoms with Crippen LogP contribution in [0.15, 0.2) is 6.07 Å². The molecule has 0 unspecified atom stereocenters. The molecule has 1 aromatic rings. The lowest BCUT2D eigenvalue weighted by Gasteiger charge is -2.12. The molecule has 0 saturated carbocycles. The summed E-state index contributed by atoms with van der Waals surface area (Å²) in [5, 5.41) is 8.71. The second kappa shape index (κ2) is 5.91. The van der Waals surface area contributed by atoms with Gasteiger partial charge in [0.25, 0.3) is 6.43 Å². The number of methoxy groups -OCH3 is 2. The molecule has 0 fully saturated rings. The monoisotopic (exact) mass is 256 g/mol. The topological polar surface area (TPSA) is 72.2 Å². The molecule has 0 N–H and O–H groups in total. The van der Waals surface area contributed by atoms with E-state index in [0.717, 1.165) is 13.2 Å². The first-order valence-electron chi connectivity index (χ1n) is 4.86. The Labute approximate surface area is 102 Å². The number of carbonyl (C=O) groups is 1. The summed E-state index contributed by atoms with van der Waals surface area (Å²) in [4.78, 5) is 14.9. The summed E-state index contributed by atoms with van der Waals surface area (Å²) in [6.07, 6.45) is -3.17. The van der Waals surface area contributed by atoms with Crippen LogP contribution in [0.3, 0.4) is 0 Å². The van der Waals surface area contributed by atoms with Gasteiger partial charge in [0.2, 0.25) is 0 Å². The van der Waals surface area contributed by atoms with E-state index in [9.17, 15) is 13.6 Å². The van der Waals surface area contributed by atoms with Crippen LogP contribution < -0.4 is 4.74 Å². The van der Waals surface area contributed by atoms with Gasteiger partial charge in [-0.3, -0.25) is 4.79 Å². The van der Waals surface area contributed by atoms with Gasteiger partial charge in [-0.25, -0.2) is 13.8 Å². The molecule has 0 atom stereocenters. The fourth-order valence-corrected chi connectivity index (χ4v) is 1.39. The van der Waals surface area contributed by atoms with Crippen LogP contribution in [0.1, 0.15) is 23.4 Å². The van der Waals surface area contributed by atoms with E-state index in [-0.39, 0.29) is 23.6 Å². The van der Waals surface area contributed by atoms with Gasteiger partial charge in [0.05, 0.1) is 31.9 Å². The van der Waals surface area contributed by atoms with Crippen molar-refractivity contribution in [3.63, 3.8) is 0 Å². The Morgan fingerprint density at radius 3 is 2.67 bits per heavy atom. The summed E-state index contributed by atoms with van der Waals surface area (Å²) in [6, 6.07) is 2.59. The molecule has 5 nitrogen and oxygen atoms in total. The Morgan fingerprint density at radius 2 is 2.22 bits per heavy atom. The molecule has 0 radical (unpaired) electrons. The lowest BCUT2D eigenvalue weighted by molar-refractivity contribution is -0.139. The summed E-state index contributed by atoms with van der Waals surface area (Å²) in [6.45, 7) is 0. The standard InChI is InChI=1S/C11H10F2N2O3/c1-17-9(16)4-8-10(18-2)7(11(12)13)3-6(5-14)15-8/h3,11H,4H2,1-2H3. The predicted molar refractivity (Wildman–Crippen MR) is 56.2 cm³/mol. The Kier molecular flexibility index (Phi) is 4.54. The minimum Gasteiger partial charge on any atom is -0.494 e. The minimum atomic E-state index is -2.83. The second-order valence-electron chi connectivity index (χ2n) is 3.24. The average Bonchev–Trinajstić information content (AvgIpc) is 2.37. The van der Waals surface area contributed by atoms with Crippen molar-refractivity contribution < 1.29 is 23.0 Å². The van der Waals surface area contributed by atoms with Crippen LogP contribution in [0.25, 0.3) is 0 Å². The summed E-state index contributed by atoms with van der Waals surface area (Å²) in [5.41, 5.74) is -0.716. The summed E-state index contributed by atoms with van der Waals surface area (Å²) >= 11 is 0. The fraction of sp³-hybridized carbons (Fsp3) is 0.364. The van der Waals surface area contributed by atoms with Crippen molar-refractivity contribution in [3.8, 4) is 11.8 Å². The van der Waals surface area contributed by atoms with E-state index in [4.69, 9.17) is 10.00 Å². The maximum absolute atomic E-state index is 12.8. The van der Waals surface area contributed by atoms with Crippen LogP contribution in [-0.2, 0) is 16.0 Å². The number of hydrogen-bond acceptors (Lipinski definition) is 5. The van der Waals surface area contributed by atoms with Gasteiger partial charge in [-0.2, -0.15) is 5.26 Å². The van der Waals surface area contributed by atoms with E-state index in [1.54, 1.807) is 6.07 Å². The Balaban J connectivity index is 3.34. The molecule has 0 bridgehead atoms. The lowest BCUT2D eigenvalue weighted by atomic mass is 10.1. The molecular weight excluding hydrogens is 246 g/mol. The van der Waals surface area contributed by atoms with Crippen molar-refractivity contribution in [2.24, 2.45) is 0 Å². The van der Waals surface area contributed by atoms with Crippen molar-refractivity contribution in [2.75, 3.05) is 14.2 Å². The van der Waals surface area contributed by atoms with Crippen molar-refractivity contribution in [3.05, 3.63) is 23.0 Å². The molecule has 0 aliphatic carbocycles. The van der Waals surface area contributed by atoms with Gasteiger partial charge in [0.15, 0.2) is 0 Å². The van der Waals surface area contributed by atoms with E-state index >= 15 is 0 Å².